The molecular weight excluding hydrogens is 406 g/mol. The fourth-order valence-corrected chi connectivity index (χ4v) is 5.93. The molecule has 0 aromatic heterocycles. The van der Waals surface area contributed by atoms with Crippen molar-refractivity contribution in [1.82, 2.24) is 4.90 Å². The number of esters is 1. The third-order valence-electron chi connectivity index (χ3n) is 7.52. The number of rotatable bonds is 4. The van der Waals surface area contributed by atoms with Crippen molar-refractivity contribution in [3.05, 3.63) is 96.1 Å². The van der Waals surface area contributed by atoms with E-state index < -0.39 is 0 Å². The zero-order valence-electron chi connectivity index (χ0n) is 18.8. The van der Waals surface area contributed by atoms with Gasteiger partial charge in [-0.05, 0) is 53.0 Å². The van der Waals surface area contributed by atoms with Crippen LogP contribution in [0.3, 0.4) is 0 Å². The smallest absolute Gasteiger partial charge is 0.311 e. The molecule has 3 atom stereocenters. The van der Waals surface area contributed by atoms with Gasteiger partial charge in [0.15, 0.2) is 0 Å². The van der Waals surface area contributed by atoms with Crippen molar-refractivity contribution in [2.45, 2.75) is 31.3 Å². The van der Waals surface area contributed by atoms with E-state index in [1.54, 1.807) is 0 Å². The fraction of sp³-hybridized carbons (Fsp3) is 0.300. The van der Waals surface area contributed by atoms with Crippen LogP contribution < -0.4 is 0 Å². The van der Waals surface area contributed by atoms with E-state index in [0.717, 1.165) is 25.2 Å². The van der Waals surface area contributed by atoms with Gasteiger partial charge in [0.05, 0.1) is 5.92 Å². The number of carbonyl (C=O) groups excluding carboxylic acids is 1. The van der Waals surface area contributed by atoms with E-state index in [9.17, 15) is 4.79 Å². The molecule has 2 fully saturated rings. The Morgan fingerprint density at radius 3 is 1.97 bits per heavy atom. The van der Waals surface area contributed by atoms with Crippen LogP contribution in [0.15, 0.2) is 84.9 Å². The van der Waals surface area contributed by atoms with Crippen LogP contribution in [0.2, 0.25) is 0 Å². The minimum atomic E-state index is -0.288. The van der Waals surface area contributed by atoms with Gasteiger partial charge >= 0.3 is 5.97 Å². The Morgan fingerprint density at radius 2 is 1.27 bits per heavy atom. The second kappa shape index (κ2) is 8.64. The summed E-state index contributed by atoms with van der Waals surface area (Å²) >= 11 is 0. The van der Waals surface area contributed by atoms with Crippen molar-refractivity contribution < 1.29 is 9.53 Å². The van der Waals surface area contributed by atoms with Gasteiger partial charge in [-0.3, -0.25) is 4.79 Å². The summed E-state index contributed by atoms with van der Waals surface area (Å²) in [5.74, 6) is -0.245. The summed E-state index contributed by atoms with van der Waals surface area (Å²) in [7, 11) is 0. The Hall–Kier alpha value is -3.17. The minimum Gasteiger partial charge on any atom is -0.457 e. The summed E-state index contributed by atoms with van der Waals surface area (Å²) in [6, 6.07) is 29.8. The van der Waals surface area contributed by atoms with Crippen LogP contribution in [0.5, 0.6) is 0 Å². The number of cyclic esters (lactones) is 1. The molecule has 0 bridgehead atoms. The van der Waals surface area contributed by atoms with E-state index in [1.807, 2.05) is 0 Å². The second-order valence-corrected chi connectivity index (χ2v) is 9.49. The average molecular weight is 436 g/mol. The summed E-state index contributed by atoms with van der Waals surface area (Å²) in [4.78, 5) is 15.9. The number of carbonyl (C=O) groups is 1. The van der Waals surface area contributed by atoms with Gasteiger partial charge in [-0.2, -0.15) is 0 Å². The molecule has 3 nitrogen and oxygen atoms in total. The fourth-order valence-electron chi connectivity index (χ4n) is 5.93. The van der Waals surface area contributed by atoms with Crippen molar-refractivity contribution in [3.8, 4) is 0 Å². The molecule has 0 amide bonds. The lowest BCUT2D eigenvalue weighted by Gasteiger charge is -2.31. The topological polar surface area (TPSA) is 29.5 Å². The molecule has 3 heteroatoms. The third-order valence-corrected chi connectivity index (χ3v) is 7.52. The van der Waals surface area contributed by atoms with Crippen molar-refractivity contribution >= 4 is 27.5 Å². The summed E-state index contributed by atoms with van der Waals surface area (Å²) in [5.41, 5.74) is 2.33. The van der Waals surface area contributed by atoms with Gasteiger partial charge in [0.25, 0.3) is 0 Å². The number of nitrogens with zero attached hydrogens (tertiary/aromatic N) is 1. The Labute approximate surface area is 195 Å². The number of hydrogen-bond donors (Lipinski definition) is 0. The quantitative estimate of drug-likeness (QED) is 0.344. The van der Waals surface area contributed by atoms with Crippen LogP contribution in [-0.4, -0.2) is 30.5 Å². The van der Waals surface area contributed by atoms with Gasteiger partial charge < -0.3 is 9.64 Å². The average Bonchev–Trinajstić information content (AvgIpc) is 3.19. The number of hydrogen-bond acceptors (Lipinski definition) is 3. The second-order valence-electron chi connectivity index (χ2n) is 9.49. The predicted molar refractivity (Wildman–Crippen MR) is 133 cm³/mol. The van der Waals surface area contributed by atoms with Crippen molar-refractivity contribution in [2.75, 3.05) is 19.6 Å². The number of ether oxygens (including phenoxy) is 1. The molecule has 0 aliphatic carbocycles. The van der Waals surface area contributed by atoms with E-state index in [1.165, 1.54) is 46.4 Å². The molecule has 1 unspecified atom stereocenters. The van der Waals surface area contributed by atoms with E-state index in [-0.39, 0.29) is 23.9 Å². The van der Waals surface area contributed by atoms with E-state index in [0.29, 0.717) is 0 Å². The first-order chi connectivity index (χ1) is 16.3. The van der Waals surface area contributed by atoms with Gasteiger partial charge in [0.1, 0.15) is 6.10 Å². The Morgan fingerprint density at radius 1 is 0.697 bits per heavy atom. The summed E-state index contributed by atoms with van der Waals surface area (Å²) in [5, 5.41) is 4.78. The molecule has 0 saturated carbocycles. The summed E-state index contributed by atoms with van der Waals surface area (Å²) < 4.78 is 6.26. The molecule has 6 rings (SSSR count). The highest BCUT2D eigenvalue weighted by molar-refractivity contribution is 5.90. The highest BCUT2D eigenvalue weighted by Crippen LogP contribution is 2.49. The van der Waals surface area contributed by atoms with E-state index in [4.69, 9.17) is 4.74 Å². The summed E-state index contributed by atoms with van der Waals surface area (Å²) in [6.07, 6.45) is 3.43. The monoisotopic (exact) mass is 435 g/mol. The van der Waals surface area contributed by atoms with Crippen LogP contribution in [-0.2, 0) is 9.53 Å². The zero-order chi connectivity index (χ0) is 22.2. The number of piperidine rings is 1. The normalized spacial score (nSPS) is 23.8. The van der Waals surface area contributed by atoms with Crippen LogP contribution in [0.4, 0.5) is 0 Å². The Kier molecular flexibility index (Phi) is 5.35. The van der Waals surface area contributed by atoms with E-state index in [2.05, 4.69) is 89.8 Å². The molecule has 4 aromatic carbocycles. The predicted octanol–water partition coefficient (Wildman–Crippen LogP) is 6.48. The lowest BCUT2D eigenvalue weighted by atomic mass is 9.78. The maximum Gasteiger partial charge on any atom is 0.311 e. The highest BCUT2D eigenvalue weighted by atomic mass is 16.6. The third kappa shape index (κ3) is 3.71. The first-order valence-corrected chi connectivity index (χ1v) is 12.2. The van der Waals surface area contributed by atoms with Crippen LogP contribution in [0.25, 0.3) is 21.5 Å². The molecule has 0 radical (unpaired) electrons. The maximum atomic E-state index is 13.4. The minimum absolute atomic E-state index is 0.0173. The molecule has 0 spiro atoms. The molecule has 166 valence electrons. The van der Waals surface area contributed by atoms with Gasteiger partial charge in [-0.25, -0.2) is 0 Å². The van der Waals surface area contributed by atoms with Crippen LogP contribution >= 0.6 is 0 Å². The zero-order valence-corrected chi connectivity index (χ0v) is 18.8. The number of benzene rings is 4. The Balaban J connectivity index is 1.50. The van der Waals surface area contributed by atoms with Crippen LogP contribution in [0.1, 0.15) is 42.4 Å². The molecule has 33 heavy (non-hydrogen) atoms. The molecule has 2 saturated heterocycles. The van der Waals surface area contributed by atoms with E-state index >= 15 is 0 Å². The first kappa shape index (κ1) is 20.4. The Bertz CT molecular complexity index is 1300. The van der Waals surface area contributed by atoms with Crippen molar-refractivity contribution in [2.24, 2.45) is 5.92 Å². The van der Waals surface area contributed by atoms with Gasteiger partial charge in [0, 0.05) is 18.0 Å². The molecule has 2 aliphatic heterocycles. The first-order valence-electron chi connectivity index (χ1n) is 12.2. The number of likely N-dealkylation sites (tertiary alicyclic amines) is 1. The van der Waals surface area contributed by atoms with Gasteiger partial charge in [0.2, 0.25) is 0 Å². The number of fused-ring (bicyclic) bond motifs is 2. The van der Waals surface area contributed by atoms with Crippen molar-refractivity contribution in [3.63, 3.8) is 0 Å². The van der Waals surface area contributed by atoms with Gasteiger partial charge in [-0.15, -0.1) is 0 Å². The molecule has 4 aromatic rings. The SMILES string of the molecule is O=C1O[C@H](c2cccc3ccccc23)[C@H](c2cccc3ccccc23)C1CN1CCCCC1. The van der Waals surface area contributed by atoms with Crippen LogP contribution in [0, 0.1) is 5.92 Å². The standard InChI is InChI=1S/C30H29NO2/c32-30-27(20-31-18-6-1-7-19-31)28(25-16-8-12-21-10-2-4-14-23(21)25)29(33-30)26-17-9-13-22-11-3-5-15-24(22)26/h2-5,8-17,27-29H,1,6-7,18-20H2/t27?,28-,29-/m1/s1. The molecular formula is C30H29NO2. The maximum absolute atomic E-state index is 13.4. The van der Waals surface area contributed by atoms with Gasteiger partial charge in [-0.1, -0.05) is 91.3 Å². The highest BCUT2D eigenvalue weighted by Gasteiger charge is 2.47. The molecule has 2 aliphatic rings. The summed E-state index contributed by atoms with van der Waals surface area (Å²) in [6.45, 7) is 2.92. The largest absolute Gasteiger partial charge is 0.457 e. The molecule has 0 N–H and O–H groups in total. The lowest BCUT2D eigenvalue weighted by molar-refractivity contribution is -0.145. The van der Waals surface area contributed by atoms with Crippen molar-refractivity contribution in [1.29, 1.82) is 0 Å². The lowest BCUT2D eigenvalue weighted by Crippen LogP contribution is -2.37. The molecule has 2 heterocycles.